The van der Waals surface area contributed by atoms with Crippen LogP contribution in [0.25, 0.3) is 0 Å². The van der Waals surface area contributed by atoms with Crippen molar-refractivity contribution < 1.29 is 28.9 Å². The topological polar surface area (TPSA) is 123 Å². The molecule has 1 aliphatic rings. The second-order valence-corrected chi connectivity index (χ2v) is 9.27. The molecule has 1 fully saturated rings. The van der Waals surface area contributed by atoms with Gasteiger partial charge in [-0.1, -0.05) is 12.2 Å². The van der Waals surface area contributed by atoms with Gasteiger partial charge in [-0.05, 0) is 30.6 Å². The number of nitrogens with zero attached hydrogens (tertiary/aromatic N) is 1. The first-order valence-electron chi connectivity index (χ1n) is 11.0. The van der Waals surface area contributed by atoms with Crippen molar-refractivity contribution in [2.75, 3.05) is 45.1 Å². The van der Waals surface area contributed by atoms with Crippen molar-refractivity contribution in [1.29, 1.82) is 0 Å². The number of carbonyl (C=O) groups excluding carboxylic acids is 1. The number of carbonyl (C=O) groups is 2. The van der Waals surface area contributed by atoms with Gasteiger partial charge >= 0.3 is 5.97 Å². The van der Waals surface area contributed by atoms with Crippen LogP contribution in [0.15, 0.2) is 30.4 Å². The first-order chi connectivity index (χ1) is 16.3. The smallest absolute Gasteiger partial charge is 0.326 e. The summed E-state index contributed by atoms with van der Waals surface area (Å²) in [6, 6.07) is 3.65. The van der Waals surface area contributed by atoms with Crippen molar-refractivity contribution >= 4 is 36.3 Å². The number of rotatable bonds is 14. The van der Waals surface area contributed by atoms with E-state index >= 15 is 0 Å². The SMILES string of the molecule is COc1ccc(O[C@H]2C[C@H](C(=O)N[C@H](CCSC)C(=O)O)N(C/C=C/[C@@H](N)CS)C2)cc1OC. The molecular formula is C23H35N3O6S2. The zero-order valence-electron chi connectivity index (χ0n) is 19.8. The third-order valence-electron chi connectivity index (χ3n) is 5.48. The molecule has 0 aromatic heterocycles. The average molecular weight is 514 g/mol. The second-order valence-electron chi connectivity index (χ2n) is 7.92. The number of thiol groups is 1. The summed E-state index contributed by atoms with van der Waals surface area (Å²) in [6.45, 7) is 0.976. The number of amides is 1. The maximum Gasteiger partial charge on any atom is 0.326 e. The van der Waals surface area contributed by atoms with Gasteiger partial charge in [0.15, 0.2) is 11.5 Å². The lowest BCUT2D eigenvalue weighted by Gasteiger charge is -2.24. The van der Waals surface area contributed by atoms with Gasteiger partial charge in [-0.3, -0.25) is 9.69 Å². The minimum absolute atomic E-state index is 0.181. The number of aliphatic carboxylic acids is 1. The van der Waals surface area contributed by atoms with E-state index in [2.05, 4.69) is 17.9 Å². The highest BCUT2D eigenvalue weighted by Crippen LogP contribution is 2.32. The third-order valence-corrected chi connectivity index (χ3v) is 6.55. The fraction of sp³-hybridized carbons (Fsp3) is 0.565. The Morgan fingerprint density at radius 1 is 1.35 bits per heavy atom. The van der Waals surface area contributed by atoms with Crippen LogP contribution in [0.4, 0.5) is 0 Å². The summed E-state index contributed by atoms with van der Waals surface area (Å²) < 4.78 is 16.8. The molecule has 1 aliphatic heterocycles. The van der Waals surface area contributed by atoms with Gasteiger partial charge in [-0.25, -0.2) is 4.79 Å². The molecule has 1 saturated heterocycles. The number of hydrogen-bond donors (Lipinski definition) is 4. The number of carboxylic acids is 1. The Hall–Kier alpha value is -2.08. The highest BCUT2D eigenvalue weighted by molar-refractivity contribution is 7.98. The van der Waals surface area contributed by atoms with E-state index in [0.717, 1.165) is 0 Å². The first kappa shape index (κ1) is 28.2. The predicted molar refractivity (Wildman–Crippen MR) is 137 cm³/mol. The van der Waals surface area contributed by atoms with Gasteiger partial charge in [0.05, 0.1) is 20.3 Å². The van der Waals surface area contributed by atoms with Crippen LogP contribution < -0.4 is 25.3 Å². The number of likely N-dealkylation sites (tertiary alicyclic amines) is 1. The van der Waals surface area contributed by atoms with Crippen molar-refractivity contribution in [1.82, 2.24) is 10.2 Å². The quantitative estimate of drug-likeness (QED) is 0.217. The van der Waals surface area contributed by atoms with Crippen LogP contribution in [0.2, 0.25) is 0 Å². The fourth-order valence-electron chi connectivity index (χ4n) is 3.70. The van der Waals surface area contributed by atoms with Crippen molar-refractivity contribution in [2.24, 2.45) is 5.73 Å². The van der Waals surface area contributed by atoms with Crippen LogP contribution in [0, 0.1) is 0 Å². The lowest BCUT2D eigenvalue weighted by Crippen LogP contribution is -2.49. The van der Waals surface area contributed by atoms with Crippen LogP contribution >= 0.6 is 24.4 Å². The van der Waals surface area contributed by atoms with E-state index in [9.17, 15) is 14.7 Å². The van der Waals surface area contributed by atoms with Gasteiger partial charge in [-0.2, -0.15) is 24.4 Å². The number of nitrogens with two attached hydrogens (primary N) is 1. The lowest BCUT2D eigenvalue weighted by atomic mass is 10.1. The van der Waals surface area contributed by atoms with Gasteiger partial charge in [0.1, 0.15) is 17.9 Å². The van der Waals surface area contributed by atoms with Crippen LogP contribution in [0.3, 0.4) is 0 Å². The average Bonchev–Trinajstić information content (AvgIpc) is 3.23. The maximum atomic E-state index is 13.1. The summed E-state index contributed by atoms with van der Waals surface area (Å²) in [6.07, 6.45) is 6.16. The van der Waals surface area contributed by atoms with E-state index in [1.807, 2.05) is 23.3 Å². The van der Waals surface area contributed by atoms with Crippen LogP contribution in [-0.2, 0) is 9.59 Å². The molecule has 1 aromatic rings. The second kappa shape index (κ2) is 14.3. The van der Waals surface area contributed by atoms with Gasteiger partial charge in [-0.15, -0.1) is 0 Å². The molecule has 0 radical (unpaired) electrons. The Labute approximate surface area is 210 Å². The zero-order chi connectivity index (χ0) is 25.1. The van der Waals surface area contributed by atoms with Gasteiger partial charge in [0.25, 0.3) is 0 Å². The molecule has 190 valence electrons. The minimum atomic E-state index is -1.04. The van der Waals surface area contributed by atoms with Crippen LogP contribution in [0.5, 0.6) is 17.2 Å². The Morgan fingerprint density at radius 2 is 2.09 bits per heavy atom. The Bertz CT molecular complexity index is 841. The summed E-state index contributed by atoms with van der Waals surface area (Å²) in [7, 11) is 3.12. The van der Waals surface area contributed by atoms with E-state index in [4.69, 9.17) is 19.9 Å². The number of ether oxygens (including phenoxy) is 3. The molecule has 0 unspecified atom stereocenters. The van der Waals surface area contributed by atoms with E-state index in [1.54, 1.807) is 32.4 Å². The molecule has 1 amide bonds. The number of benzene rings is 1. The molecular weight excluding hydrogens is 478 g/mol. The monoisotopic (exact) mass is 513 g/mol. The van der Waals surface area contributed by atoms with Crippen LogP contribution in [0.1, 0.15) is 12.8 Å². The predicted octanol–water partition coefficient (Wildman–Crippen LogP) is 1.66. The number of methoxy groups -OCH3 is 2. The van der Waals surface area contributed by atoms with Gasteiger partial charge in [0.2, 0.25) is 5.91 Å². The summed E-state index contributed by atoms with van der Waals surface area (Å²) in [5, 5.41) is 12.2. The largest absolute Gasteiger partial charge is 0.493 e. The highest BCUT2D eigenvalue weighted by Gasteiger charge is 2.38. The Balaban J connectivity index is 2.14. The standard InChI is InChI=1S/C23H35N3O6S2/c1-30-20-7-6-16(12-21(20)31-2)32-17-11-19(26(13-17)9-4-5-15(24)14-33)22(27)25-18(23(28)29)8-10-34-3/h4-7,12,15,17-19,33H,8-11,13-14,24H2,1-3H3,(H,25,27)(H,28,29)/b5-4+/t15-,17+,18-,19-/m1/s1. The summed E-state index contributed by atoms with van der Waals surface area (Å²) in [4.78, 5) is 26.7. The molecule has 0 aliphatic carbocycles. The summed E-state index contributed by atoms with van der Waals surface area (Å²) >= 11 is 5.72. The van der Waals surface area contributed by atoms with E-state index in [-0.39, 0.29) is 18.1 Å². The molecule has 1 heterocycles. The molecule has 0 saturated carbocycles. The van der Waals surface area contributed by atoms with Gasteiger partial charge < -0.3 is 30.4 Å². The minimum Gasteiger partial charge on any atom is -0.493 e. The highest BCUT2D eigenvalue weighted by atomic mass is 32.2. The fourth-order valence-corrected chi connectivity index (χ4v) is 4.29. The van der Waals surface area contributed by atoms with Crippen molar-refractivity contribution in [3.63, 3.8) is 0 Å². The molecule has 34 heavy (non-hydrogen) atoms. The van der Waals surface area contributed by atoms with E-state index in [0.29, 0.717) is 54.7 Å². The summed E-state index contributed by atoms with van der Waals surface area (Å²) in [5.74, 6) is 1.53. The molecule has 0 bridgehead atoms. The third kappa shape index (κ3) is 8.30. The molecule has 1 aromatic carbocycles. The van der Waals surface area contributed by atoms with Crippen LogP contribution in [-0.4, -0.2) is 91.2 Å². The number of carboxylic acid groups (broad SMARTS) is 1. The number of thioether (sulfide) groups is 1. The van der Waals surface area contributed by atoms with Crippen molar-refractivity contribution in [3.05, 3.63) is 30.4 Å². The Kier molecular flexibility index (Phi) is 11.9. The molecule has 0 spiro atoms. The lowest BCUT2D eigenvalue weighted by molar-refractivity contribution is -0.142. The molecule has 4 N–H and O–H groups in total. The van der Waals surface area contributed by atoms with Crippen molar-refractivity contribution in [3.8, 4) is 17.2 Å². The first-order valence-corrected chi connectivity index (χ1v) is 13.0. The van der Waals surface area contributed by atoms with Gasteiger partial charge in [0, 0.05) is 37.4 Å². The number of hydrogen-bond acceptors (Lipinski definition) is 9. The molecule has 4 atom stereocenters. The molecule has 9 nitrogen and oxygen atoms in total. The van der Waals surface area contributed by atoms with E-state index < -0.39 is 18.1 Å². The van der Waals surface area contributed by atoms with Crippen molar-refractivity contribution in [2.45, 2.75) is 37.1 Å². The summed E-state index contributed by atoms with van der Waals surface area (Å²) in [5.41, 5.74) is 5.90. The van der Waals surface area contributed by atoms with E-state index in [1.165, 1.54) is 11.8 Å². The molecule has 2 rings (SSSR count). The maximum absolute atomic E-state index is 13.1. The normalized spacial score (nSPS) is 20.1. The zero-order valence-corrected chi connectivity index (χ0v) is 21.5. The number of nitrogens with one attached hydrogen (secondary N) is 1. The Morgan fingerprint density at radius 3 is 2.71 bits per heavy atom. The molecule has 11 heteroatoms.